The topological polar surface area (TPSA) is 324 Å². The maximum atomic E-state index is 13.8. The van der Waals surface area contributed by atoms with Crippen LogP contribution in [0.15, 0.2) is 322 Å². The second-order valence-electron chi connectivity index (χ2n) is 33.3. The molecule has 5 heterocycles. The lowest BCUT2D eigenvalue weighted by atomic mass is 10.1. The van der Waals surface area contributed by atoms with Gasteiger partial charge in [-0.05, 0) is 236 Å². The van der Waals surface area contributed by atoms with Gasteiger partial charge in [-0.15, -0.1) is 0 Å². The molecule has 3 aliphatic heterocycles. The average Bonchev–Trinajstić information content (AvgIpc) is 1.66. The van der Waals surface area contributed by atoms with E-state index in [0.717, 1.165) is 98.2 Å². The molecule has 3 aliphatic rings. The van der Waals surface area contributed by atoms with Crippen molar-refractivity contribution in [2.45, 2.75) is 77.8 Å². The number of aliphatic carboxylic acids is 3. The van der Waals surface area contributed by atoms with Crippen molar-refractivity contribution in [1.29, 1.82) is 0 Å². The highest BCUT2D eigenvalue weighted by Crippen LogP contribution is 2.37. The summed E-state index contributed by atoms with van der Waals surface area (Å²) < 4.78 is 50.5. The fourth-order valence-corrected chi connectivity index (χ4v) is 16.3. The number of nitrogens with one attached hydrogen (secondary N) is 3. The normalized spacial score (nSPS) is 13.7. The molecule has 0 radical (unpaired) electrons. The Morgan fingerprint density at radius 3 is 1.42 bits per heavy atom. The zero-order valence-electron chi connectivity index (χ0n) is 76.2. The molecule has 696 valence electrons. The van der Waals surface area contributed by atoms with Crippen LogP contribution in [0.25, 0.3) is 21.8 Å². The van der Waals surface area contributed by atoms with Crippen molar-refractivity contribution in [3.63, 3.8) is 0 Å². The number of aromatic nitrogens is 2. The van der Waals surface area contributed by atoms with Gasteiger partial charge in [0.1, 0.15) is 85.0 Å². The molecule has 137 heavy (non-hydrogen) atoms. The molecule has 13 aromatic carbocycles. The van der Waals surface area contributed by atoms with Gasteiger partial charge in [0.2, 0.25) is 0 Å². The number of carboxylic acid groups (broad SMARTS) is 3. The van der Waals surface area contributed by atoms with E-state index in [1.165, 1.54) is 5.56 Å². The minimum Gasteiger partial charge on any atom is -0.493 e. The molecule has 0 saturated heterocycles. The lowest BCUT2D eigenvalue weighted by Gasteiger charge is -2.33. The van der Waals surface area contributed by atoms with Crippen LogP contribution in [0.5, 0.6) is 40.2 Å². The van der Waals surface area contributed by atoms with Crippen molar-refractivity contribution >= 4 is 97.7 Å². The Kier molecular flexibility index (Phi) is 31.1. The van der Waals surface area contributed by atoms with Crippen molar-refractivity contribution in [1.82, 2.24) is 9.13 Å². The Labute approximate surface area is 792 Å². The van der Waals surface area contributed by atoms with E-state index in [-0.39, 0.29) is 80.2 Å². The van der Waals surface area contributed by atoms with Gasteiger partial charge in [0, 0.05) is 76.3 Å². The quantitative estimate of drug-likeness (QED) is 0.0237. The molecule has 0 bridgehead atoms. The maximum absolute atomic E-state index is 13.8. The SMILES string of the molecule is CN1C[C@@H](COc2ccc(C(=O)Nc3cccc(CC(=O)O)c3)cc2)Oc2ccccc21.Cc1cc2c(CC(=O)O)cccc2n1C(=O)c1ccc(OCCc2ccccc2)cc1.Cc1ccc2c(c1)O[C@H](COc1ccc(C(=O)n3c(C)c(CC(=O)OCc4ccccc4)c4ccccc43)cc1)CN2C.O=C(O)Cc1cccc(NC(=O)c2ccc(OCC3CNc4ccccc4O3)cc2)c1. The van der Waals surface area contributed by atoms with E-state index in [9.17, 15) is 38.4 Å². The number of aryl methyl sites for hydroxylation is 2. The molecule has 0 saturated carbocycles. The molecule has 26 nitrogen and oxygen atoms in total. The van der Waals surface area contributed by atoms with Crippen molar-refractivity contribution in [2.24, 2.45) is 0 Å². The molecule has 26 heteroatoms. The zero-order valence-corrected chi connectivity index (χ0v) is 76.2. The molecule has 0 fully saturated rings. The fraction of sp³-hybridized carbons (Fsp3) is 0.189. The van der Waals surface area contributed by atoms with Gasteiger partial charge >= 0.3 is 23.9 Å². The first-order valence-electron chi connectivity index (χ1n) is 44.8. The number of nitrogens with zero attached hydrogens (tertiary/aromatic N) is 4. The number of esters is 1. The largest absolute Gasteiger partial charge is 0.493 e. The van der Waals surface area contributed by atoms with E-state index in [2.05, 4.69) is 57.1 Å². The molecular formula is C111H103N7O19. The molecule has 1 unspecified atom stereocenters. The summed E-state index contributed by atoms with van der Waals surface area (Å²) in [5.74, 6) is 1.21. The summed E-state index contributed by atoms with van der Waals surface area (Å²) in [7, 11) is 4.08. The maximum Gasteiger partial charge on any atom is 0.310 e. The van der Waals surface area contributed by atoms with Gasteiger partial charge in [0.05, 0.1) is 80.0 Å². The molecule has 18 rings (SSSR count). The smallest absolute Gasteiger partial charge is 0.310 e. The predicted molar refractivity (Wildman–Crippen MR) is 526 cm³/mol. The minimum atomic E-state index is -0.919. The summed E-state index contributed by atoms with van der Waals surface area (Å²) in [6.07, 6.45) is 0.288. The highest BCUT2D eigenvalue weighted by molar-refractivity contribution is 6.07. The summed E-state index contributed by atoms with van der Waals surface area (Å²) >= 11 is 0. The van der Waals surface area contributed by atoms with Gasteiger partial charge in [0.25, 0.3) is 23.6 Å². The molecular weight excluding hydrogens is 1740 g/mol. The number of fused-ring (bicyclic) bond motifs is 5. The third-order valence-electron chi connectivity index (χ3n) is 23.0. The van der Waals surface area contributed by atoms with Crippen LogP contribution in [0.3, 0.4) is 0 Å². The Morgan fingerprint density at radius 1 is 0.394 bits per heavy atom. The number of likely N-dealkylation sites (N-methyl/N-ethyl adjacent to an activating group) is 2. The zero-order chi connectivity index (χ0) is 95.9. The summed E-state index contributed by atoms with van der Waals surface area (Å²) in [5, 5.41) is 37.5. The van der Waals surface area contributed by atoms with Crippen molar-refractivity contribution in [3.05, 3.63) is 394 Å². The second kappa shape index (κ2) is 45.0. The molecule has 6 N–H and O–H groups in total. The Bertz CT molecular complexity index is 6810. The van der Waals surface area contributed by atoms with Crippen LogP contribution < -0.4 is 58.9 Å². The van der Waals surface area contributed by atoms with E-state index in [4.69, 9.17) is 53.2 Å². The monoisotopic (exact) mass is 1840 g/mol. The third-order valence-corrected chi connectivity index (χ3v) is 23.0. The Hall–Kier alpha value is -16.9. The molecule has 2 amide bonds. The molecule has 3 atom stereocenters. The first kappa shape index (κ1) is 94.7. The standard InChI is InChI=1S/C36H34N2O5.C26H23NO4.C25H24N2O5.C24H22N2O5/c1-24-13-18-33-34(19-24)43-29(21-37(33)3)23-41-28-16-14-27(15-17-28)36(40)38-25(2)31(30-11-7-8-12-32(30)38)20-35(39)42-22-26-9-5-4-6-10-26;1-18-16-23-21(17-25(28)29)8-5-9-24(23)27(18)26(30)20-10-12-22(13-11-20)31-15-14-19-6-3-2-4-7-19;1-27-15-21(32-23-8-3-2-7-22(23)27)16-31-20-11-9-18(10-12-20)25(30)26-19-6-4-5-17(13-19)14-24(28)29;27-23(28)13-16-4-3-5-18(12-16)26-24(29)17-8-10-19(11-9-17)30-15-20-14-25-21-6-1-2-7-22(21)31-20/h4-19,29H,20-23H2,1-3H3;2-13,16H,14-15,17H2,1H3,(H,28,29);2-13,21H,14-16H2,1H3,(H,26,30)(H,28,29);1-12,20,25H,13-15H2,(H,26,29)(H,27,28)/t29-;;21-;/m0.0./s1. The Balaban J connectivity index is 0.000000140. The van der Waals surface area contributed by atoms with Crippen molar-refractivity contribution in [3.8, 4) is 40.2 Å². The Morgan fingerprint density at radius 2 is 0.847 bits per heavy atom. The third kappa shape index (κ3) is 25.3. The summed E-state index contributed by atoms with van der Waals surface area (Å²) in [6, 6.07) is 98.1. The number of amides is 2. The van der Waals surface area contributed by atoms with Crippen molar-refractivity contribution in [2.75, 3.05) is 85.9 Å². The van der Waals surface area contributed by atoms with E-state index >= 15 is 0 Å². The van der Waals surface area contributed by atoms with Crippen LogP contribution in [0.2, 0.25) is 0 Å². The number of carbonyl (C=O) groups excluding carboxylic acids is 5. The number of hydrogen-bond donors (Lipinski definition) is 6. The molecule has 0 spiro atoms. The van der Waals surface area contributed by atoms with Gasteiger partial charge in [-0.25, -0.2) is 0 Å². The number of hydrogen-bond acceptors (Lipinski definition) is 19. The molecule has 0 aliphatic carbocycles. The van der Waals surface area contributed by atoms with Crippen LogP contribution in [0, 0.1) is 20.8 Å². The fourth-order valence-electron chi connectivity index (χ4n) is 16.3. The number of carboxylic acids is 3. The number of benzene rings is 13. The van der Waals surface area contributed by atoms with Crippen LogP contribution >= 0.6 is 0 Å². The first-order valence-corrected chi connectivity index (χ1v) is 44.8. The van der Waals surface area contributed by atoms with Crippen LogP contribution in [0.1, 0.15) is 91.8 Å². The van der Waals surface area contributed by atoms with Crippen LogP contribution in [0.4, 0.5) is 28.4 Å². The highest BCUT2D eigenvalue weighted by Gasteiger charge is 2.29. The number of para-hydroxylation sites is 5. The number of ether oxygens (including phenoxy) is 8. The minimum absolute atomic E-state index is 0.0781. The number of carbonyl (C=O) groups is 8. The van der Waals surface area contributed by atoms with Gasteiger partial charge in [-0.3, -0.25) is 47.5 Å². The van der Waals surface area contributed by atoms with Gasteiger partial charge < -0.3 is 79.0 Å². The van der Waals surface area contributed by atoms with Gasteiger partial charge in [-0.2, -0.15) is 0 Å². The summed E-state index contributed by atoms with van der Waals surface area (Å²) in [4.78, 5) is 102. The van der Waals surface area contributed by atoms with E-state index in [1.54, 1.807) is 167 Å². The number of anilines is 5. The van der Waals surface area contributed by atoms with E-state index < -0.39 is 17.9 Å². The van der Waals surface area contributed by atoms with Gasteiger partial charge in [-0.1, -0.05) is 146 Å². The lowest BCUT2D eigenvalue weighted by molar-refractivity contribution is -0.144. The van der Waals surface area contributed by atoms with Crippen LogP contribution in [-0.4, -0.2) is 150 Å². The highest BCUT2D eigenvalue weighted by atomic mass is 16.6. The molecule has 2 aromatic heterocycles. The van der Waals surface area contributed by atoms with E-state index in [1.807, 2.05) is 167 Å². The summed E-state index contributed by atoms with van der Waals surface area (Å²) in [6.45, 7) is 9.78. The molecule has 15 aromatic rings. The van der Waals surface area contributed by atoms with E-state index in [0.29, 0.717) is 112 Å². The predicted octanol–water partition coefficient (Wildman–Crippen LogP) is 19.1. The first-order chi connectivity index (χ1) is 66.4. The van der Waals surface area contributed by atoms with Crippen molar-refractivity contribution < 1.29 is 91.6 Å². The van der Waals surface area contributed by atoms with Crippen LogP contribution in [-0.2, 0) is 62.6 Å². The number of rotatable bonds is 29. The second-order valence-corrected chi connectivity index (χ2v) is 33.3. The van der Waals surface area contributed by atoms with Gasteiger partial charge in [0.15, 0.2) is 0 Å². The summed E-state index contributed by atoms with van der Waals surface area (Å²) in [5.41, 5.74) is 15.2. The average molecular weight is 1840 g/mol. The lowest BCUT2D eigenvalue weighted by Crippen LogP contribution is -2.41.